The third-order valence-corrected chi connectivity index (χ3v) is 4.25. The first-order chi connectivity index (χ1) is 14.1. The van der Waals surface area contributed by atoms with Crippen LogP contribution in [0.25, 0.3) is 0 Å². The number of hydrogen-bond acceptors (Lipinski definition) is 6. The highest BCUT2D eigenvalue weighted by Crippen LogP contribution is 2.36. The van der Waals surface area contributed by atoms with Gasteiger partial charge in [-0.05, 0) is 43.2 Å². The zero-order valence-corrected chi connectivity index (χ0v) is 17.1. The quantitative estimate of drug-likeness (QED) is 0.521. The Bertz CT molecular complexity index is 887. The van der Waals surface area contributed by atoms with Crippen molar-refractivity contribution in [1.82, 2.24) is 5.43 Å². The molecule has 0 unspecified atom stereocenters. The van der Waals surface area contributed by atoms with Crippen molar-refractivity contribution >= 4 is 23.7 Å². The number of halogens is 1. The number of nitrogens with zero attached hydrogens (tertiary/aromatic N) is 1. The molecule has 0 spiro atoms. The Morgan fingerprint density at radius 3 is 2.83 bits per heavy atom. The van der Waals surface area contributed by atoms with E-state index in [1.54, 1.807) is 24.3 Å². The summed E-state index contributed by atoms with van der Waals surface area (Å²) in [6.45, 7) is 5.01. The average molecular weight is 419 g/mol. The Hall–Kier alpha value is -2.93. The number of para-hydroxylation sites is 2. The minimum Gasteiger partial charge on any atom is -0.490 e. The third kappa shape index (κ3) is 5.32. The van der Waals surface area contributed by atoms with Crippen LogP contribution in [0.1, 0.15) is 25.8 Å². The summed E-state index contributed by atoms with van der Waals surface area (Å²) in [5.41, 5.74) is 3.12. The normalized spacial score (nSPS) is 15.2. The van der Waals surface area contributed by atoms with Gasteiger partial charge in [0.25, 0.3) is 5.91 Å². The zero-order valence-electron chi connectivity index (χ0n) is 16.3. The number of rotatable bonds is 8. The van der Waals surface area contributed by atoms with Crippen LogP contribution in [0.5, 0.6) is 23.0 Å². The van der Waals surface area contributed by atoms with E-state index in [9.17, 15) is 4.79 Å². The van der Waals surface area contributed by atoms with Gasteiger partial charge in [-0.2, -0.15) is 5.10 Å². The number of benzene rings is 2. The van der Waals surface area contributed by atoms with Crippen LogP contribution in [0.15, 0.2) is 41.5 Å². The van der Waals surface area contributed by atoms with Gasteiger partial charge in [0.1, 0.15) is 6.61 Å². The lowest BCUT2D eigenvalue weighted by Crippen LogP contribution is -2.42. The highest BCUT2D eigenvalue weighted by Gasteiger charge is 2.27. The molecule has 1 N–H and O–H groups in total. The van der Waals surface area contributed by atoms with Crippen molar-refractivity contribution in [3.05, 3.63) is 47.0 Å². The number of carbonyl (C=O) groups excluding carboxylic acids is 1. The van der Waals surface area contributed by atoms with E-state index < -0.39 is 12.0 Å². The van der Waals surface area contributed by atoms with Crippen LogP contribution < -0.4 is 24.4 Å². The number of nitrogens with one attached hydrogen (secondary N) is 1. The van der Waals surface area contributed by atoms with Gasteiger partial charge >= 0.3 is 0 Å². The summed E-state index contributed by atoms with van der Waals surface area (Å²) in [5.74, 6) is 1.77. The second-order valence-electron chi connectivity index (χ2n) is 6.21. The van der Waals surface area contributed by atoms with Gasteiger partial charge in [0.2, 0.25) is 6.10 Å². The Morgan fingerprint density at radius 1 is 1.28 bits per heavy atom. The lowest BCUT2D eigenvalue weighted by Gasteiger charge is -2.24. The summed E-state index contributed by atoms with van der Waals surface area (Å²) in [6.07, 6.45) is 1.55. The Kier molecular flexibility index (Phi) is 7.19. The van der Waals surface area contributed by atoms with E-state index in [2.05, 4.69) is 10.5 Å². The molecule has 1 heterocycles. The summed E-state index contributed by atoms with van der Waals surface area (Å²) >= 11 is 6.33. The first-order valence-electron chi connectivity index (χ1n) is 9.42. The van der Waals surface area contributed by atoms with Crippen LogP contribution in [0, 0.1) is 0 Å². The van der Waals surface area contributed by atoms with Crippen molar-refractivity contribution < 1.29 is 23.7 Å². The van der Waals surface area contributed by atoms with Gasteiger partial charge in [-0.25, -0.2) is 5.43 Å². The first-order valence-corrected chi connectivity index (χ1v) is 9.80. The van der Waals surface area contributed by atoms with Crippen LogP contribution in [-0.4, -0.2) is 38.0 Å². The molecule has 0 aromatic heterocycles. The van der Waals surface area contributed by atoms with E-state index in [1.807, 2.05) is 26.0 Å². The van der Waals surface area contributed by atoms with Crippen molar-refractivity contribution in [2.75, 3.05) is 19.8 Å². The Balaban J connectivity index is 1.64. The lowest BCUT2D eigenvalue weighted by atomic mass is 10.2. The van der Waals surface area contributed by atoms with Crippen LogP contribution in [0.4, 0.5) is 0 Å². The standard InChI is InChI=1S/C21H23ClN2O5/c1-3-9-27-20-15(22)10-14(11-18(20)26-4-2)12-23-24-21(25)19-13-28-16-7-5-6-8-17(16)29-19/h5-8,10-12,19H,3-4,9,13H2,1-2H3,(H,24,25)/b23-12-/t19-/m0/s1. The predicted molar refractivity (Wildman–Crippen MR) is 110 cm³/mol. The SMILES string of the molecule is CCCOc1c(Cl)cc(/C=N\NC(=O)[C@@H]2COc3ccccc3O2)cc1OCC. The Labute approximate surface area is 174 Å². The van der Waals surface area contributed by atoms with Crippen molar-refractivity contribution in [2.24, 2.45) is 5.10 Å². The molecule has 154 valence electrons. The Morgan fingerprint density at radius 2 is 2.07 bits per heavy atom. The van der Waals surface area contributed by atoms with E-state index in [0.29, 0.717) is 46.8 Å². The molecule has 0 saturated carbocycles. The number of ether oxygens (including phenoxy) is 4. The number of fused-ring (bicyclic) bond motifs is 1. The second kappa shape index (κ2) is 10.0. The average Bonchev–Trinajstić information content (AvgIpc) is 2.73. The van der Waals surface area contributed by atoms with Crippen molar-refractivity contribution in [3.8, 4) is 23.0 Å². The molecule has 1 atom stereocenters. The molecule has 0 bridgehead atoms. The number of hydrazone groups is 1. The number of amides is 1. The molecule has 0 saturated heterocycles. The maximum Gasteiger partial charge on any atom is 0.284 e. The van der Waals surface area contributed by atoms with Gasteiger partial charge in [0.05, 0.1) is 24.5 Å². The van der Waals surface area contributed by atoms with E-state index in [0.717, 1.165) is 6.42 Å². The maximum atomic E-state index is 12.3. The van der Waals surface area contributed by atoms with Crippen molar-refractivity contribution in [3.63, 3.8) is 0 Å². The molecule has 2 aromatic rings. The molecule has 1 aliphatic heterocycles. The largest absolute Gasteiger partial charge is 0.490 e. The molecule has 29 heavy (non-hydrogen) atoms. The molecule has 3 rings (SSSR count). The fraction of sp³-hybridized carbons (Fsp3) is 0.333. The van der Waals surface area contributed by atoms with Crippen LogP contribution in [-0.2, 0) is 4.79 Å². The van der Waals surface area contributed by atoms with E-state index in [4.69, 9.17) is 30.5 Å². The van der Waals surface area contributed by atoms with Gasteiger partial charge in [-0.3, -0.25) is 4.79 Å². The maximum absolute atomic E-state index is 12.3. The van der Waals surface area contributed by atoms with Gasteiger partial charge in [-0.1, -0.05) is 30.7 Å². The summed E-state index contributed by atoms with van der Waals surface area (Å²) in [5, 5.41) is 4.41. The zero-order chi connectivity index (χ0) is 20.6. The summed E-state index contributed by atoms with van der Waals surface area (Å²) in [6, 6.07) is 10.6. The second-order valence-corrected chi connectivity index (χ2v) is 6.62. The third-order valence-electron chi connectivity index (χ3n) is 3.97. The minimum absolute atomic E-state index is 0.113. The smallest absolute Gasteiger partial charge is 0.284 e. The molecule has 1 aliphatic rings. The predicted octanol–water partition coefficient (Wildman–Crippen LogP) is 3.82. The number of hydrogen-bond donors (Lipinski definition) is 1. The molecule has 8 heteroatoms. The van der Waals surface area contributed by atoms with Crippen LogP contribution in [0.3, 0.4) is 0 Å². The van der Waals surface area contributed by atoms with Gasteiger partial charge in [0.15, 0.2) is 23.0 Å². The monoisotopic (exact) mass is 418 g/mol. The van der Waals surface area contributed by atoms with Gasteiger partial charge in [0, 0.05) is 0 Å². The molecule has 7 nitrogen and oxygen atoms in total. The summed E-state index contributed by atoms with van der Waals surface area (Å²) in [7, 11) is 0. The molecular formula is C21H23ClN2O5. The van der Waals surface area contributed by atoms with Gasteiger partial charge in [-0.15, -0.1) is 0 Å². The molecule has 0 radical (unpaired) electrons. The van der Waals surface area contributed by atoms with E-state index in [-0.39, 0.29) is 6.61 Å². The molecule has 0 fully saturated rings. The van der Waals surface area contributed by atoms with Gasteiger partial charge < -0.3 is 18.9 Å². The fourth-order valence-electron chi connectivity index (χ4n) is 2.66. The highest BCUT2D eigenvalue weighted by molar-refractivity contribution is 6.32. The topological polar surface area (TPSA) is 78.4 Å². The summed E-state index contributed by atoms with van der Waals surface area (Å²) < 4.78 is 22.5. The van der Waals surface area contributed by atoms with E-state index in [1.165, 1.54) is 6.21 Å². The van der Waals surface area contributed by atoms with Crippen molar-refractivity contribution in [1.29, 1.82) is 0 Å². The molecule has 1 amide bonds. The lowest BCUT2D eigenvalue weighted by molar-refractivity contribution is -0.130. The van der Waals surface area contributed by atoms with E-state index >= 15 is 0 Å². The van der Waals surface area contributed by atoms with Crippen LogP contribution >= 0.6 is 11.6 Å². The molecule has 2 aromatic carbocycles. The minimum atomic E-state index is -0.783. The van der Waals surface area contributed by atoms with Crippen molar-refractivity contribution in [2.45, 2.75) is 26.4 Å². The number of carbonyl (C=O) groups is 1. The molecule has 0 aliphatic carbocycles. The summed E-state index contributed by atoms with van der Waals surface area (Å²) in [4.78, 5) is 12.3. The molecular weight excluding hydrogens is 396 g/mol. The first kappa shape index (κ1) is 20.8. The highest BCUT2D eigenvalue weighted by atomic mass is 35.5. The van der Waals surface area contributed by atoms with Crippen LogP contribution in [0.2, 0.25) is 5.02 Å². The fourth-order valence-corrected chi connectivity index (χ4v) is 2.93.